The number of ether oxygens (including phenoxy) is 2. The lowest BCUT2D eigenvalue weighted by Gasteiger charge is -2.14. The van der Waals surface area contributed by atoms with Crippen LogP contribution < -0.4 is 10.1 Å². The van der Waals surface area contributed by atoms with E-state index in [1.165, 1.54) is 0 Å². The predicted molar refractivity (Wildman–Crippen MR) is 101 cm³/mol. The number of rotatable bonds is 6. The van der Waals surface area contributed by atoms with Gasteiger partial charge in [0.2, 0.25) is 5.76 Å². The van der Waals surface area contributed by atoms with Gasteiger partial charge >= 0.3 is 5.97 Å². The van der Waals surface area contributed by atoms with Crippen LogP contribution in [0.2, 0.25) is 0 Å². The highest BCUT2D eigenvalue weighted by Crippen LogP contribution is 2.29. The first-order valence-electron chi connectivity index (χ1n) is 8.58. The van der Waals surface area contributed by atoms with Crippen LogP contribution in [0.3, 0.4) is 0 Å². The molecule has 140 valence electrons. The number of hydrogen-bond donors (Lipinski definition) is 1. The molecule has 0 bridgehead atoms. The molecule has 1 N–H and O–H groups in total. The number of nitrogens with one attached hydrogen (secondary N) is 1. The molecule has 27 heavy (non-hydrogen) atoms. The smallest absolute Gasteiger partial charge is 0.375 e. The van der Waals surface area contributed by atoms with Crippen LogP contribution in [0.25, 0.3) is 11.0 Å². The Morgan fingerprint density at radius 3 is 2.59 bits per heavy atom. The largest absolute Gasteiger partial charge is 0.497 e. The van der Waals surface area contributed by atoms with Crippen molar-refractivity contribution in [1.29, 1.82) is 0 Å². The van der Waals surface area contributed by atoms with Gasteiger partial charge in [-0.05, 0) is 37.6 Å². The topological polar surface area (TPSA) is 77.8 Å². The highest BCUT2D eigenvalue weighted by Gasteiger charge is 2.21. The van der Waals surface area contributed by atoms with Crippen LogP contribution in [0.4, 0.5) is 0 Å². The van der Waals surface area contributed by atoms with Crippen molar-refractivity contribution in [3.8, 4) is 5.75 Å². The first-order valence-corrected chi connectivity index (χ1v) is 8.58. The van der Waals surface area contributed by atoms with Gasteiger partial charge in [-0.15, -0.1) is 0 Å². The number of aryl methyl sites for hydroxylation is 1. The number of fused-ring (bicyclic) bond motifs is 1. The third kappa shape index (κ3) is 4.11. The molecule has 1 aromatic heterocycles. The second kappa shape index (κ2) is 7.95. The zero-order chi connectivity index (χ0) is 19.4. The first kappa shape index (κ1) is 18.5. The molecule has 0 aliphatic rings. The average Bonchev–Trinajstić information content (AvgIpc) is 3.02. The van der Waals surface area contributed by atoms with Gasteiger partial charge in [0, 0.05) is 10.9 Å². The highest BCUT2D eigenvalue weighted by atomic mass is 16.5. The standard InChI is InChI=1S/C21H21NO5/c1-13-17-11-16(25-3)9-10-18(17)27-20(13)21(24)26-12-19(23)22-14(2)15-7-5-4-6-8-15/h4-11,14H,12H2,1-3H3,(H,22,23)/t14-/m0/s1. The van der Waals surface area contributed by atoms with Crippen LogP contribution in [0.15, 0.2) is 52.9 Å². The fourth-order valence-corrected chi connectivity index (χ4v) is 2.83. The van der Waals surface area contributed by atoms with Crippen molar-refractivity contribution in [3.63, 3.8) is 0 Å². The van der Waals surface area contributed by atoms with Crippen LogP contribution in [0.5, 0.6) is 5.75 Å². The number of amides is 1. The van der Waals surface area contributed by atoms with E-state index >= 15 is 0 Å². The summed E-state index contributed by atoms with van der Waals surface area (Å²) in [5, 5.41) is 3.56. The second-order valence-electron chi connectivity index (χ2n) is 6.19. The van der Waals surface area contributed by atoms with Crippen molar-refractivity contribution in [3.05, 3.63) is 65.4 Å². The predicted octanol–water partition coefficient (Wildman–Crippen LogP) is 3.78. The zero-order valence-electron chi connectivity index (χ0n) is 15.4. The van der Waals surface area contributed by atoms with Crippen LogP contribution in [0.1, 0.15) is 34.6 Å². The Morgan fingerprint density at radius 1 is 1.15 bits per heavy atom. The van der Waals surface area contributed by atoms with E-state index in [1.54, 1.807) is 32.2 Å². The average molecular weight is 367 g/mol. The minimum atomic E-state index is -0.676. The van der Waals surface area contributed by atoms with E-state index in [0.717, 1.165) is 10.9 Å². The Morgan fingerprint density at radius 2 is 1.89 bits per heavy atom. The van der Waals surface area contributed by atoms with Crippen molar-refractivity contribution in [1.82, 2.24) is 5.32 Å². The molecule has 1 heterocycles. The van der Waals surface area contributed by atoms with Gasteiger partial charge in [-0.3, -0.25) is 4.79 Å². The normalized spacial score (nSPS) is 11.8. The number of carbonyl (C=O) groups excluding carboxylic acids is 2. The van der Waals surface area contributed by atoms with Crippen molar-refractivity contribution in [2.24, 2.45) is 0 Å². The highest BCUT2D eigenvalue weighted by molar-refractivity contribution is 5.97. The lowest BCUT2D eigenvalue weighted by Crippen LogP contribution is -2.31. The molecule has 6 heteroatoms. The van der Waals surface area contributed by atoms with Crippen molar-refractivity contribution in [2.45, 2.75) is 19.9 Å². The van der Waals surface area contributed by atoms with Crippen LogP contribution >= 0.6 is 0 Å². The molecular weight excluding hydrogens is 346 g/mol. The molecule has 0 fully saturated rings. The molecule has 0 spiro atoms. The summed E-state index contributed by atoms with van der Waals surface area (Å²) in [6.07, 6.45) is 0. The SMILES string of the molecule is COc1ccc2oc(C(=O)OCC(=O)N[C@@H](C)c3ccccc3)c(C)c2c1. The van der Waals surface area contributed by atoms with Gasteiger partial charge in [0.1, 0.15) is 11.3 Å². The molecule has 0 unspecified atom stereocenters. The first-order chi connectivity index (χ1) is 13.0. The maximum absolute atomic E-state index is 12.3. The number of carbonyl (C=O) groups is 2. The molecular formula is C21H21NO5. The zero-order valence-corrected chi connectivity index (χ0v) is 15.4. The molecule has 0 radical (unpaired) electrons. The van der Waals surface area contributed by atoms with Crippen molar-refractivity contribution >= 4 is 22.8 Å². The summed E-state index contributed by atoms with van der Waals surface area (Å²) in [6, 6.07) is 14.6. The van der Waals surface area contributed by atoms with Gasteiger partial charge in [0.05, 0.1) is 13.2 Å². The fraction of sp³-hybridized carbons (Fsp3) is 0.238. The van der Waals surface area contributed by atoms with Crippen LogP contribution in [-0.4, -0.2) is 25.6 Å². The molecule has 0 aliphatic carbocycles. The van der Waals surface area contributed by atoms with Gasteiger partial charge in [0.15, 0.2) is 6.61 Å². The summed E-state index contributed by atoms with van der Waals surface area (Å²) >= 11 is 0. The van der Waals surface area contributed by atoms with Gasteiger partial charge < -0.3 is 19.2 Å². The summed E-state index contributed by atoms with van der Waals surface area (Å²) in [7, 11) is 1.57. The lowest BCUT2D eigenvalue weighted by molar-refractivity contribution is -0.124. The summed E-state index contributed by atoms with van der Waals surface area (Å²) in [5.41, 5.74) is 2.17. The Balaban J connectivity index is 1.63. The third-order valence-corrected chi connectivity index (χ3v) is 4.34. The van der Waals surface area contributed by atoms with E-state index in [9.17, 15) is 9.59 Å². The molecule has 3 aromatic rings. The molecule has 1 amide bonds. The fourth-order valence-electron chi connectivity index (χ4n) is 2.83. The van der Waals surface area contributed by atoms with Gasteiger partial charge in [0.25, 0.3) is 5.91 Å². The lowest BCUT2D eigenvalue weighted by atomic mass is 10.1. The van der Waals surface area contributed by atoms with Gasteiger partial charge in [-0.25, -0.2) is 4.79 Å². The van der Waals surface area contributed by atoms with E-state index < -0.39 is 5.97 Å². The Bertz CT molecular complexity index is 961. The molecule has 3 rings (SSSR count). The minimum absolute atomic E-state index is 0.0853. The summed E-state index contributed by atoms with van der Waals surface area (Å²) in [5.74, 6) is -0.303. The van der Waals surface area contributed by atoms with Crippen molar-refractivity contribution in [2.75, 3.05) is 13.7 Å². The molecule has 6 nitrogen and oxygen atoms in total. The molecule has 0 aliphatic heterocycles. The number of esters is 1. The van der Waals surface area contributed by atoms with E-state index in [1.807, 2.05) is 37.3 Å². The summed E-state index contributed by atoms with van der Waals surface area (Å²) in [4.78, 5) is 24.4. The molecule has 2 aromatic carbocycles. The van der Waals surface area contributed by atoms with Crippen LogP contribution in [0, 0.1) is 6.92 Å². The molecule has 0 saturated carbocycles. The Kier molecular flexibility index (Phi) is 5.45. The van der Waals surface area contributed by atoms with E-state index in [2.05, 4.69) is 5.32 Å². The van der Waals surface area contributed by atoms with Gasteiger partial charge in [-0.1, -0.05) is 30.3 Å². The van der Waals surface area contributed by atoms with E-state index in [0.29, 0.717) is 16.9 Å². The quantitative estimate of drug-likeness (QED) is 0.671. The summed E-state index contributed by atoms with van der Waals surface area (Å²) < 4.78 is 15.9. The Labute approximate surface area is 157 Å². The number of furan rings is 1. The monoisotopic (exact) mass is 367 g/mol. The Hall–Kier alpha value is -3.28. The minimum Gasteiger partial charge on any atom is -0.497 e. The van der Waals surface area contributed by atoms with E-state index in [4.69, 9.17) is 13.9 Å². The van der Waals surface area contributed by atoms with Gasteiger partial charge in [-0.2, -0.15) is 0 Å². The number of benzene rings is 2. The molecule has 0 saturated heterocycles. The number of methoxy groups -OCH3 is 1. The maximum atomic E-state index is 12.3. The third-order valence-electron chi connectivity index (χ3n) is 4.34. The maximum Gasteiger partial charge on any atom is 0.375 e. The van der Waals surface area contributed by atoms with E-state index in [-0.39, 0.29) is 24.3 Å². The second-order valence-corrected chi connectivity index (χ2v) is 6.19. The summed E-state index contributed by atoms with van der Waals surface area (Å²) in [6.45, 7) is 3.25. The van der Waals surface area contributed by atoms with Crippen molar-refractivity contribution < 1.29 is 23.5 Å². The van der Waals surface area contributed by atoms with Crippen LogP contribution in [-0.2, 0) is 9.53 Å². The number of hydrogen-bond acceptors (Lipinski definition) is 5. The molecule has 1 atom stereocenters.